The van der Waals surface area contributed by atoms with Crippen LogP contribution in [-0.4, -0.2) is 33.6 Å². The number of aromatic nitrogens is 2. The lowest BCUT2D eigenvalue weighted by Crippen LogP contribution is -2.54. The zero-order valence-electron chi connectivity index (χ0n) is 12.0. The second-order valence-electron chi connectivity index (χ2n) is 5.88. The second kappa shape index (κ2) is 5.54. The molecule has 1 heterocycles. The molecular weight excluding hydrogens is 250 g/mol. The Hall–Kier alpha value is -1.39. The average molecular weight is 273 g/mol. The topological polar surface area (TPSA) is 50.1 Å². The number of benzene rings is 1. The fourth-order valence-electron chi connectivity index (χ4n) is 2.99. The second-order valence-corrected chi connectivity index (χ2v) is 5.88. The minimum absolute atomic E-state index is 0.172. The number of fused-ring (bicyclic) bond motifs is 1. The summed E-state index contributed by atoms with van der Waals surface area (Å²) in [5.41, 5.74) is 0.925. The van der Waals surface area contributed by atoms with E-state index in [2.05, 4.69) is 29.5 Å². The highest BCUT2D eigenvalue weighted by atomic mass is 16.3. The molecule has 20 heavy (non-hydrogen) atoms. The third-order valence-corrected chi connectivity index (χ3v) is 4.35. The van der Waals surface area contributed by atoms with Gasteiger partial charge in [0, 0.05) is 5.39 Å². The molecule has 0 radical (unpaired) electrons. The Balaban J connectivity index is 1.88. The van der Waals surface area contributed by atoms with Crippen molar-refractivity contribution in [3.05, 3.63) is 30.5 Å². The van der Waals surface area contributed by atoms with Crippen molar-refractivity contribution in [1.82, 2.24) is 15.1 Å². The lowest BCUT2D eigenvalue weighted by atomic mass is 9.93. The van der Waals surface area contributed by atoms with Gasteiger partial charge in [-0.2, -0.15) is 5.10 Å². The van der Waals surface area contributed by atoms with Crippen LogP contribution in [0.4, 0.5) is 0 Å². The molecule has 4 nitrogen and oxygen atoms in total. The van der Waals surface area contributed by atoms with E-state index in [9.17, 15) is 5.11 Å². The van der Waals surface area contributed by atoms with Gasteiger partial charge < -0.3 is 10.4 Å². The van der Waals surface area contributed by atoms with Crippen molar-refractivity contribution >= 4 is 10.9 Å². The summed E-state index contributed by atoms with van der Waals surface area (Å²) in [7, 11) is 0. The van der Waals surface area contributed by atoms with E-state index in [0.717, 1.165) is 30.4 Å². The van der Waals surface area contributed by atoms with Crippen molar-refractivity contribution in [3.8, 4) is 0 Å². The van der Waals surface area contributed by atoms with Gasteiger partial charge in [0.2, 0.25) is 0 Å². The predicted octanol–water partition coefficient (Wildman–Crippen LogP) is 2.18. The van der Waals surface area contributed by atoms with Crippen molar-refractivity contribution < 1.29 is 5.11 Å². The largest absolute Gasteiger partial charge is 0.394 e. The van der Waals surface area contributed by atoms with Gasteiger partial charge in [0.25, 0.3) is 0 Å². The van der Waals surface area contributed by atoms with E-state index in [-0.39, 0.29) is 12.1 Å². The summed E-state index contributed by atoms with van der Waals surface area (Å²) in [5, 5.41) is 19.2. The number of nitrogens with one attached hydrogen (secondary N) is 1. The van der Waals surface area contributed by atoms with E-state index in [1.165, 1.54) is 12.8 Å². The molecule has 0 bridgehead atoms. The van der Waals surface area contributed by atoms with Crippen LogP contribution in [0.5, 0.6) is 0 Å². The van der Waals surface area contributed by atoms with Gasteiger partial charge in [-0.1, -0.05) is 25.1 Å². The van der Waals surface area contributed by atoms with Gasteiger partial charge in [0.1, 0.15) is 0 Å². The molecule has 1 aliphatic carbocycles. The first-order valence-electron chi connectivity index (χ1n) is 7.55. The summed E-state index contributed by atoms with van der Waals surface area (Å²) < 4.78 is 2.03. The molecule has 4 heteroatoms. The van der Waals surface area contributed by atoms with Crippen molar-refractivity contribution in [1.29, 1.82) is 0 Å². The maximum Gasteiger partial charge on any atom is 0.0683 e. The minimum atomic E-state index is -0.217. The summed E-state index contributed by atoms with van der Waals surface area (Å²) in [5.74, 6) is 0.571. The van der Waals surface area contributed by atoms with E-state index >= 15 is 0 Å². The van der Waals surface area contributed by atoms with Crippen molar-refractivity contribution in [3.63, 3.8) is 0 Å². The highest BCUT2D eigenvalue weighted by molar-refractivity contribution is 5.78. The Morgan fingerprint density at radius 3 is 2.90 bits per heavy atom. The van der Waals surface area contributed by atoms with Crippen molar-refractivity contribution in [2.45, 2.75) is 38.3 Å². The molecule has 1 saturated carbocycles. The van der Waals surface area contributed by atoms with Gasteiger partial charge in [0.05, 0.1) is 30.4 Å². The number of hydrogen-bond acceptors (Lipinski definition) is 3. The minimum Gasteiger partial charge on any atom is -0.394 e. The Labute approximate surface area is 119 Å². The molecule has 1 fully saturated rings. The maximum absolute atomic E-state index is 9.98. The molecule has 2 N–H and O–H groups in total. The first-order chi connectivity index (χ1) is 9.79. The molecule has 2 aromatic rings. The van der Waals surface area contributed by atoms with E-state index in [0.29, 0.717) is 5.92 Å². The summed E-state index contributed by atoms with van der Waals surface area (Å²) in [6, 6.07) is 8.24. The molecule has 1 aliphatic rings. The summed E-state index contributed by atoms with van der Waals surface area (Å²) in [6.45, 7) is 4.01. The number of aliphatic hydroxyl groups is 1. The smallest absolute Gasteiger partial charge is 0.0683 e. The fourth-order valence-corrected chi connectivity index (χ4v) is 2.99. The monoisotopic (exact) mass is 273 g/mol. The zero-order valence-corrected chi connectivity index (χ0v) is 12.0. The normalized spacial score (nSPS) is 18.3. The van der Waals surface area contributed by atoms with Gasteiger partial charge in [-0.05, 0) is 37.8 Å². The fraction of sp³-hybridized carbons (Fsp3) is 0.562. The van der Waals surface area contributed by atoms with Crippen molar-refractivity contribution in [2.75, 3.05) is 13.2 Å². The van der Waals surface area contributed by atoms with Crippen molar-refractivity contribution in [2.24, 2.45) is 5.92 Å². The summed E-state index contributed by atoms with van der Waals surface area (Å²) in [6.07, 6.45) is 5.39. The molecule has 0 aliphatic heterocycles. The first-order valence-corrected chi connectivity index (χ1v) is 7.55. The van der Waals surface area contributed by atoms with E-state index < -0.39 is 0 Å². The van der Waals surface area contributed by atoms with Crippen LogP contribution in [-0.2, 0) is 6.54 Å². The van der Waals surface area contributed by atoms with Crippen LogP contribution in [0, 0.1) is 5.92 Å². The van der Waals surface area contributed by atoms with Gasteiger partial charge in [-0.25, -0.2) is 0 Å². The van der Waals surface area contributed by atoms with Gasteiger partial charge in [-0.3, -0.25) is 4.68 Å². The molecule has 0 saturated heterocycles. The zero-order chi connectivity index (χ0) is 14.0. The van der Waals surface area contributed by atoms with Crippen LogP contribution in [0.3, 0.4) is 0 Å². The van der Waals surface area contributed by atoms with E-state index in [1.54, 1.807) is 0 Å². The number of para-hydroxylation sites is 1. The van der Waals surface area contributed by atoms with Gasteiger partial charge in [0.15, 0.2) is 0 Å². The third kappa shape index (κ3) is 2.45. The molecule has 3 rings (SSSR count). The van der Waals surface area contributed by atoms with E-state index in [1.807, 2.05) is 23.0 Å². The molecule has 1 aromatic carbocycles. The highest BCUT2D eigenvalue weighted by Crippen LogP contribution is 2.40. The Bertz CT molecular complexity index is 576. The molecular formula is C16H23N3O. The van der Waals surface area contributed by atoms with Crippen LogP contribution in [0.25, 0.3) is 10.9 Å². The maximum atomic E-state index is 9.98. The van der Waals surface area contributed by atoms with Crippen LogP contribution in [0.2, 0.25) is 0 Å². The molecule has 108 valence electrons. The number of hydrogen-bond donors (Lipinski definition) is 2. The number of nitrogens with zero attached hydrogens (tertiary/aromatic N) is 2. The lowest BCUT2D eigenvalue weighted by Gasteiger charge is -2.33. The lowest BCUT2D eigenvalue weighted by molar-refractivity contribution is 0.120. The molecule has 0 spiro atoms. The highest BCUT2D eigenvalue weighted by Gasteiger charge is 2.45. The quantitative estimate of drug-likeness (QED) is 0.813. The molecule has 1 unspecified atom stereocenters. The standard InChI is InChI=1S/C16H23N3O/c1-2-9-17-16(12-20,14-7-8-14)11-19-15-6-4-3-5-13(15)10-18-19/h3-6,10,14,17,20H,2,7-9,11-12H2,1H3. The average Bonchev–Trinajstić information content (AvgIpc) is 3.27. The Morgan fingerprint density at radius 1 is 1.40 bits per heavy atom. The predicted molar refractivity (Wildman–Crippen MR) is 80.6 cm³/mol. The van der Waals surface area contributed by atoms with E-state index in [4.69, 9.17) is 0 Å². The molecule has 0 amide bonds. The third-order valence-electron chi connectivity index (χ3n) is 4.35. The summed E-state index contributed by atoms with van der Waals surface area (Å²) >= 11 is 0. The Kier molecular flexibility index (Phi) is 3.76. The summed E-state index contributed by atoms with van der Waals surface area (Å²) in [4.78, 5) is 0. The van der Waals surface area contributed by atoms with Gasteiger partial charge in [-0.15, -0.1) is 0 Å². The molecule has 1 aromatic heterocycles. The Morgan fingerprint density at radius 2 is 2.20 bits per heavy atom. The number of aliphatic hydroxyl groups excluding tert-OH is 1. The van der Waals surface area contributed by atoms with Crippen LogP contribution in [0.1, 0.15) is 26.2 Å². The van der Waals surface area contributed by atoms with Gasteiger partial charge >= 0.3 is 0 Å². The first kappa shape index (κ1) is 13.6. The number of rotatable bonds is 7. The van der Waals surface area contributed by atoms with Crippen LogP contribution < -0.4 is 5.32 Å². The van der Waals surface area contributed by atoms with Crippen LogP contribution >= 0.6 is 0 Å². The SMILES string of the molecule is CCCNC(CO)(Cn1ncc2ccccc21)C1CC1. The molecule has 1 atom stereocenters. The van der Waals surface area contributed by atoms with Crippen LogP contribution in [0.15, 0.2) is 30.5 Å².